The lowest BCUT2D eigenvalue weighted by molar-refractivity contribution is 0.107. The van der Waals surface area contributed by atoms with Crippen LogP contribution < -0.4 is 4.74 Å². The van der Waals surface area contributed by atoms with Gasteiger partial charge in [0.1, 0.15) is 12.4 Å². The standard InChI is InChI=1S/C18H13ClO2/c19-18(20)16-10-14-8-4-5-9-15(14)11-17(16)21-12-13-6-2-1-3-7-13/h1-11H,12H2. The first-order chi connectivity index (χ1) is 10.2. The van der Waals surface area contributed by atoms with E-state index in [-0.39, 0.29) is 0 Å². The van der Waals surface area contributed by atoms with E-state index >= 15 is 0 Å². The molecule has 2 nitrogen and oxygen atoms in total. The molecule has 0 fully saturated rings. The van der Waals surface area contributed by atoms with E-state index in [0.717, 1.165) is 16.3 Å². The first-order valence-electron chi connectivity index (χ1n) is 6.63. The number of rotatable bonds is 4. The van der Waals surface area contributed by atoms with Crippen molar-refractivity contribution >= 4 is 27.6 Å². The Kier molecular flexibility index (Phi) is 3.89. The van der Waals surface area contributed by atoms with Crippen molar-refractivity contribution < 1.29 is 9.53 Å². The van der Waals surface area contributed by atoms with Gasteiger partial charge in [0, 0.05) is 0 Å². The lowest BCUT2D eigenvalue weighted by Gasteiger charge is -2.11. The maximum Gasteiger partial charge on any atom is 0.256 e. The number of carbonyl (C=O) groups is 1. The van der Waals surface area contributed by atoms with E-state index < -0.39 is 5.24 Å². The van der Waals surface area contributed by atoms with E-state index in [0.29, 0.717) is 17.9 Å². The number of carbonyl (C=O) groups excluding carboxylic acids is 1. The summed E-state index contributed by atoms with van der Waals surface area (Å²) < 4.78 is 5.79. The van der Waals surface area contributed by atoms with Gasteiger partial charge in [-0.2, -0.15) is 0 Å². The molecule has 104 valence electrons. The Morgan fingerprint density at radius 2 is 1.52 bits per heavy atom. The van der Waals surface area contributed by atoms with Gasteiger partial charge in [0.15, 0.2) is 0 Å². The molecular weight excluding hydrogens is 284 g/mol. The van der Waals surface area contributed by atoms with Gasteiger partial charge in [-0.1, -0.05) is 54.6 Å². The molecule has 0 aromatic heterocycles. The third kappa shape index (κ3) is 3.06. The molecule has 0 aliphatic rings. The molecule has 0 atom stereocenters. The maximum atomic E-state index is 11.6. The van der Waals surface area contributed by atoms with Crippen LogP contribution in [-0.4, -0.2) is 5.24 Å². The highest BCUT2D eigenvalue weighted by Crippen LogP contribution is 2.28. The number of fused-ring (bicyclic) bond motifs is 1. The minimum atomic E-state index is -0.510. The summed E-state index contributed by atoms with van der Waals surface area (Å²) in [7, 11) is 0. The summed E-state index contributed by atoms with van der Waals surface area (Å²) in [5, 5.41) is 1.47. The molecule has 0 unspecified atom stereocenters. The SMILES string of the molecule is O=C(Cl)c1cc2ccccc2cc1OCc1ccccc1. The fraction of sp³-hybridized carbons (Fsp3) is 0.0556. The minimum absolute atomic E-state index is 0.395. The number of ether oxygens (including phenoxy) is 1. The van der Waals surface area contributed by atoms with Crippen LogP contribution in [-0.2, 0) is 6.61 Å². The minimum Gasteiger partial charge on any atom is -0.488 e. The lowest BCUT2D eigenvalue weighted by atomic mass is 10.1. The maximum absolute atomic E-state index is 11.6. The van der Waals surface area contributed by atoms with Crippen molar-refractivity contribution in [2.24, 2.45) is 0 Å². The highest BCUT2D eigenvalue weighted by Gasteiger charge is 2.12. The van der Waals surface area contributed by atoms with Gasteiger partial charge in [-0.05, 0) is 40.1 Å². The molecule has 3 heteroatoms. The van der Waals surface area contributed by atoms with E-state index in [1.54, 1.807) is 6.07 Å². The van der Waals surface area contributed by atoms with Gasteiger partial charge in [-0.15, -0.1) is 0 Å². The molecule has 21 heavy (non-hydrogen) atoms. The Morgan fingerprint density at radius 1 is 0.905 bits per heavy atom. The van der Waals surface area contributed by atoms with Gasteiger partial charge in [0.2, 0.25) is 0 Å². The Hall–Kier alpha value is -2.32. The van der Waals surface area contributed by atoms with Crippen molar-refractivity contribution in [1.82, 2.24) is 0 Å². The molecule has 0 saturated heterocycles. The molecule has 0 radical (unpaired) electrons. The van der Waals surface area contributed by atoms with Crippen LogP contribution in [0.3, 0.4) is 0 Å². The number of hydrogen-bond donors (Lipinski definition) is 0. The summed E-state index contributed by atoms with van der Waals surface area (Å²) in [6.45, 7) is 0.399. The third-order valence-corrected chi connectivity index (χ3v) is 3.50. The van der Waals surface area contributed by atoms with Crippen LogP contribution in [0.5, 0.6) is 5.75 Å². The van der Waals surface area contributed by atoms with Crippen LogP contribution in [0.2, 0.25) is 0 Å². The van der Waals surface area contributed by atoms with Gasteiger partial charge in [0.05, 0.1) is 5.56 Å². The van der Waals surface area contributed by atoms with Gasteiger partial charge in [-0.25, -0.2) is 0 Å². The smallest absolute Gasteiger partial charge is 0.256 e. The average molecular weight is 297 g/mol. The van der Waals surface area contributed by atoms with Crippen molar-refractivity contribution in [1.29, 1.82) is 0 Å². The molecular formula is C18H13ClO2. The molecule has 0 spiro atoms. The van der Waals surface area contributed by atoms with E-state index in [1.165, 1.54) is 0 Å². The summed E-state index contributed by atoms with van der Waals surface area (Å²) in [6, 6.07) is 21.2. The first kappa shape index (κ1) is 13.7. The predicted molar refractivity (Wildman–Crippen MR) is 84.9 cm³/mol. The second kappa shape index (κ2) is 5.98. The largest absolute Gasteiger partial charge is 0.488 e. The molecule has 0 N–H and O–H groups in total. The Morgan fingerprint density at radius 3 is 2.19 bits per heavy atom. The van der Waals surface area contributed by atoms with E-state index in [2.05, 4.69) is 0 Å². The molecule has 0 heterocycles. The molecule has 0 aliphatic carbocycles. The molecule has 0 aliphatic heterocycles. The Bertz CT molecular complexity index is 782. The van der Waals surface area contributed by atoms with Crippen molar-refractivity contribution in [3.05, 3.63) is 77.9 Å². The number of hydrogen-bond acceptors (Lipinski definition) is 2. The molecule has 0 bridgehead atoms. The number of benzene rings is 3. The van der Waals surface area contributed by atoms with E-state index in [1.807, 2.05) is 60.7 Å². The highest BCUT2D eigenvalue weighted by atomic mass is 35.5. The fourth-order valence-corrected chi connectivity index (χ4v) is 2.38. The molecule has 3 rings (SSSR count). The van der Waals surface area contributed by atoms with E-state index in [9.17, 15) is 4.79 Å². The van der Waals surface area contributed by atoms with Gasteiger partial charge in [-0.3, -0.25) is 4.79 Å². The summed E-state index contributed by atoms with van der Waals surface area (Å²) in [5.41, 5.74) is 1.44. The van der Waals surface area contributed by atoms with Crippen LogP contribution in [0.25, 0.3) is 10.8 Å². The molecule has 0 amide bonds. The third-order valence-electron chi connectivity index (χ3n) is 3.30. The predicted octanol–water partition coefficient (Wildman–Crippen LogP) is 4.80. The molecule has 0 saturated carbocycles. The average Bonchev–Trinajstić information content (AvgIpc) is 2.53. The summed E-state index contributed by atoms with van der Waals surface area (Å²) in [5.74, 6) is 0.512. The highest BCUT2D eigenvalue weighted by molar-refractivity contribution is 6.68. The van der Waals surface area contributed by atoms with Crippen LogP contribution >= 0.6 is 11.6 Å². The van der Waals surface area contributed by atoms with Crippen molar-refractivity contribution in [2.75, 3.05) is 0 Å². The summed E-state index contributed by atoms with van der Waals surface area (Å²) in [4.78, 5) is 11.6. The van der Waals surface area contributed by atoms with Crippen molar-refractivity contribution in [3.63, 3.8) is 0 Å². The van der Waals surface area contributed by atoms with E-state index in [4.69, 9.17) is 16.3 Å². The van der Waals surface area contributed by atoms with Crippen LogP contribution in [0.1, 0.15) is 15.9 Å². The summed E-state index contributed by atoms with van der Waals surface area (Å²) in [6.07, 6.45) is 0. The normalized spacial score (nSPS) is 10.5. The second-order valence-electron chi connectivity index (χ2n) is 4.74. The second-order valence-corrected chi connectivity index (χ2v) is 5.09. The summed E-state index contributed by atoms with van der Waals surface area (Å²) >= 11 is 5.67. The zero-order valence-electron chi connectivity index (χ0n) is 11.3. The van der Waals surface area contributed by atoms with Crippen molar-refractivity contribution in [2.45, 2.75) is 6.61 Å². The van der Waals surface area contributed by atoms with Gasteiger partial charge >= 0.3 is 0 Å². The fourth-order valence-electron chi connectivity index (χ4n) is 2.23. The monoisotopic (exact) mass is 296 g/mol. The van der Waals surface area contributed by atoms with Crippen LogP contribution in [0, 0.1) is 0 Å². The first-order valence-corrected chi connectivity index (χ1v) is 7.01. The lowest BCUT2D eigenvalue weighted by Crippen LogP contribution is -2.00. The molecule has 3 aromatic carbocycles. The van der Waals surface area contributed by atoms with Crippen LogP contribution in [0.15, 0.2) is 66.7 Å². The number of halogens is 1. The zero-order valence-corrected chi connectivity index (χ0v) is 12.0. The molecule has 3 aromatic rings. The Balaban J connectivity index is 1.96. The topological polar surface area (TPSA) is 26.3 Å². The van der Waals surface area contributed by atoms with Crippen molar-refractivity contribution in [3.8, 4) is 5.75 Å². The van der Waals surface area contributed by atoms with Gasteiger partial charge < -0.3 is 4.74 Å². The Labute approximate surface area is 127 Å². The zero-order chi connectivity index (χ0) is 14.7. The van der Waals surface area contributed by atoms with Gasteiger partial charge in [0.25, 0.3) is 5.24 Å². The quantitative estimate of drug-likeness (QED) is 0.647. The van der Waals surface area contributed by atoms with Crippen LogP contribution in [0.4, 0.5) is 0 Å².